The molecule has 0 aromatic carbocycles. The van der Waals surface area contributed by atoms with E-state index in [2.05, 4.69) is 10.3 Å². The Balaban J connectivity index is 3.22. The van der Waals surface area contributed by atoms with Gasteiger partial charge in [0.25, 0.3) is 0 Å². The van der Waals surface area contributed by atoms with E-state index in [1.54, 1.807) is 11.7 Å². The van der Waals surface area contributed by atoms with Gasteiger partial charge >= 0.3 is 0 Å². The minimum atomic E-state index is -1.87. The molecule has 0 bridgehead atoms. The molecular formula is C8H10Cl5N3. The zero-order valence-corrected chi connectivity index (χ0v) is 12.4. The number of aromatic nitrogens is 3. The summed E-state index contributed by atoms with van der Waals surface area (Å²) in [6, 6.07) is 0. The second kappa shape index (κ2) is 5.07. The van der Waals surface area contributed by atoms with Crippen LogP contribution in [0.25, 0.3) is 0 Å². The zero-order valence-electron chi connectivity index (χ0n) is 8.65. The maximum Gasteiger partial charge on any atom is 0.228 e. The van der Waals surface area contributed by atoms with Crippen molar-refractivity contribution < 1.29 is 0 Å². The molecule has 0 spiro atoms. The van der Waals surface area contributed by atoms with E-state index in [0.29, 0.717) is 12.1 Å². The molecule has 0 aliphatic rings. The van der Waals surface area contributed by atoms with Crippen molar-refractivity contribution in [1.29, 1.82) is 0 Å². The summed E-state index contributed by atoms with van der Waals surface area (Å²) < 4.78 is -2.00. The van der Waals surface area contributed by atoms with E-state index in [9.17, 15) is 0 Å². The van der Waals surface area contributed by atoms with Gasteiger partial charge in [-0.1, -0.05) is 76.6 Å². The summed E-state index contributed by atoms with van der Waals surface area (Å²) >= 11 is 29.3. The minimum absolute atomic E-state index is 0.292. The van der Waals surface area contributed by atoms with Crippen LogP contribution in [0.15, 0.2) is 0 Å². The Morgan fingerprint density at radius 1 is 1.19 bits per heavy atom. The first-order chi connectivity index (χ1) is 7.21. The van der Waals surface area contributed by atoms with Gasteiger partial charge in [0.2, 0.25) is 8.13 Å². The highest BCUT2D eigenvalue weighted by Crippen LogP contribution is 2.52. The van der Waals surface area contributed by atoms with Crippen LogP contribution in [0.3, 0.4) is 0 Å². The lowest BCUT2D eigenvalue weighted by Crippen LogP contribution is -2.30. The lowest BCUT2D eigenvalue weighted by Gasteiger charge is -2.26. The third-order valence-corrected chi connectivity index (χ3v) is 4.44. The highest BCUT2D eigenvalue weighted by Gasteiger charge is 2.50. The fourth-order valence-corrected chi connectivity index (χ4v) is 1.83. The predicted octanol–water partition coefficient (Wildman–Crippen LogP) is 3.77. The first kappa shape index (κ1) is 14.7. The monoisotopic (exact) mass is 323 g/mol. The minimum Gasteiger partial charge on any atom is -0.252 e. The highest BCUT2D eigenvalue weighted by atomic mass is 35.6. The molecule has 3 nitrogen and oxygen atoms in total. The third-order valence-electron chi connectivity index (χ3n) is 2.08. The van der Waals surface area contributed by atoms with Crippen LogP contribution in [0, 0.1) is 0 Å². The molecule has 0 unspecified atom stereocenters. The van der Waals surface area contributed by atoms with E-state index in [1.165, 1.54) is 0 Å². The van der Waals surface area contributed by atoms with Crippen molar-refractivity contribution in [1.82, 2.24) is 15.0 Å². The summed E-state index contributed by atoms with van der Waals surface area (Å²) in [7, 11) is 1.74. The summed E-state index contributed by atoms with van der Waals surface area (Å²) in [5, 5.41) is 7.71. The molecule has 0 N–H and O–H groups in total. The molecule has 1 aromatic heterocycles. The Morgan fingerprint density at radius 2 is 1.75 bits per heavy atom. The number of halogens is 5. The topological polar surface area (TPSA) is 30.7 Å². The van der Waals surface area contributed by atoms with Crippen LogP contribution in [0.4, 0.5) is 0 Å². The van der Waals surface area contributed by atoms with Crippen LogP contribution in [0.2, 0.25) is 0 Å². The molecule has 0 saturated heterocycles. The maximum absolute atomic E-state index is 6.05. The number of alkyl halides is 5. The van der Waals surface area contributed by atoms with Gasteiger partial charge in [-0.2, -0.15) is 0 Å². The summed E-state index contributed by atoms with van der Waals surface area (Å²) in [5.74, 6) is 0. The van der Waals surface area contributed by atoms with Crippen molar-refractivity contribution in [3.05, 3.63) is 11.4 Å². The largest absolute Gasteiger partial charge is 0.252 e. The average molecular weight is 325 g/mol. The smallest absolute Gasteiger partial charge is 0.228 e. The van der Waals surface area contributed by atoms with Crippen LogP contribution in [-0.2, 0) is 17.8 Å². The molecule has 1 rings (SSSR count). The van der Waals surface area contributed by atoms with Gasteiger partial charge in [0.15, 0.2) is 0 Å². The molecule has 92 valence electrons. The standard InChI is InChI=1S/C8H10Cl5N3/c1-3-4-5-6(14-15-16(5)2)7(9,10)8(11,12)13/h3-4H2,1-2H3. The summed E-state index contributed by atoms with van der Waals surface area (Å²) in [6.07, 6.45) is 1.60. The molecule has 1 heterocycles. The normalized spacial score (nSPS) is 13.2. The number of rotatable bonds is 3. The van der Waals surface area contributed by atoms with E-state index >= 15 is 0 Å². The van der Waals surface area contributed by atoms with Gasteiger partial charge in [0.1, 0.15) is 5.69 Å². The van der Waals surface area contributed by atoms with Crippen molar-refractivity contribution in [2.24, 2.45) is 7.05 Å². The van der Waals surface area contributed by atoms with Crippen LogP contribution in [-0.4, -0.2) is 18.8 Å². The summed E-state index contributed by atoms with van der Waals surface area (Å²) in [5.41, 5.74) is 1.05. The summed E-state index contributed by atoms with van der Waals surface area (Å²) in [4.78, 5) is 0. The fourth-order valence-electron chi connectivity index (χ4n) is 1.27. The van der Waals surface area contributed by atoms with Crippen molar-refractivity contribution >= 4 is 58.0 Å². The van der Waals surface area contributed by atoms with E-state index in [0.717, 1.165) is 12.1 Å². The van der Waals surface area contributed by atoms with Crippen molar-refractivity contribution in [2.45, 2.75) is 27.9 Å². The maximum atomic E-state index is 6.05. The molecule has 0 aliphatic carbocycles. The molecule has 0 amide bonds. The Morgan fingerprint density at radius 3 is 2.19 bits per heavy atom. The predicted molar refractivity (Wildman–Crippen MR) is 68.7 cm³/mol. The fraction of sp³-hybridized carbons (Fsp3) is 0.750. The van der Waals surface area contributed by atoms with Crippen molar-refractivity contribution in [3.63, 3.8) is 0 Å². The molecule has 0 radical (unpaired) electrons. The van der Waals surface area contributed by atoms with Gasteiger partial charge in [0, 0.05) is 7.05 Å². The number of aryl methyl sites for hydroxylation is 1. The van der Waals surface area contributed by atoms with Crippen LogP contribution in [0.1, 0.15) is 24.7 Å². The number of hydrogen-bond donors (Lipinski definition) is 0. The number of hydrogen-bond acceptors (Lipinski definition) is 2. The van der Waals surface area contributed by atoms with Crippen LogP contribution < -0.4 is 0 Å². The van der Waals surface area contributed by atoms with E-state index in [4.69, 9.17) is 58.0 Å². The number of nitrogens with zero attached hydrogens (tertiary/aromatic N) is 3. The lowest BCUT2D eigenvalue weighted by atomic mass is 10.1. The van der Waals surface area contributed by atoms with E-state index in [1.807, 2.05) is 6.92 Å². The highest BCUT2D eigenvalue weighted by molar-refractivity contribution is 6.75. The van der Waals surface area contributed by atoms with Crippen molar-refractivity contribution in [3.8, 4) is 0 Å². The molecule has 16 heavy (non-hydrogen) atoms. The first-order valence-electron chi connectivity index (χ1n) is 4.55. The van der Waals surface area contributed by atoms with Gasteiger partial charge in [-0.15, -0.1) is 5.10 Å². The molecule has 0 atom stereocenters. The molecule has 1 aromatic rings. The molecule has 0 fully saturated rings. The lowest BCUT2D eigenvalue weighted by molar-refractivity contribution is 0.669. The Kier molecular flexibility index (Phi) is 4.64. The van der Waals surface area contributed by atoms with Crippen molar-refractivity contribution in [2.75, 3.05) is 0 Å². The van der Waals surface area contributed by atoms with Gasteiger partial charge in [-0.3, -0.25) is 4.68 Å². The van der Waals surface area contributed by atoms with Crippen LogP contribution in [0.5, 0.6) is 0 Å². The quantitative estimate of drug-likeness (QED) is 0.792. The Hall–Kier alpha value is 0.590. The zero-order chi connectivity index (χ0) is 12.6. The van der Waals surface area contributed by atoms with Gasteiger partial charge in [-0.05, 0) is 6.42 Å². The average Bonchev–Trinajstić information content (AvgIpc) is 2.47. The Labute approximate surface area is 119 Å². The molecular weight excluding hydrogens is 315 g/mol. The Bertz CT molecular complexity index is 368. The van der Waals surface area contributed by atoms with Crippen LogP contribution >= 0.6 is 58.0 Å². The molecule has 0 saturated carbocycles. The second-order valence-electron chi connectivity index (χ2n) is 3.33. The van der Waals surface area contributed by atoms with Gasteiger partial charge in [0.05, 0.1) is 5.69 Å². The van der Waals surface area contributed by atoms with E-state index in [-0.39, 0.29) is 0 Å². The molecule has 8 heteroatoms. The van der Waals surface area contributed by atoms with Gasteiger partial charge < -0.3 is 0 Å². The van der Waals surface area contributed by atoms with E-state index < -0.39 is 8.13 Å². The first-order valence-corrected chi connectivity index (χ1v) is 6.44. The second-order valence-corrected chi connectivity index (χ2v) is 6.94. The van der Waals surface area contributed by atoms with Gasteiger partial charge in [-0.25, -0.2) is 0 Å². The SMILES string of the molecule is CCCc1c(C(Cl)(Cl)C(Cl)(Cl)Cl)nnn1C. The third kappa shape index (κ3) is 2.70. The summed E-state index contributed by atoms with van der Waals surface area (Å²) in [6.45, 7) is 2.01. The molecule has 0 aliphatic heterocycles.